The second-order valence-electron chi connectivity index (χ2n) is 5.16. The van der Waals surface area contributed by atoms with Crippen molar-refractivity contribution in [3.8, 4) is 0 Å². The number of aromatic nitrogens is 1. The second kappa shape index (κ2) is 6.52. The Morgan fingerprint density at radius 3 is 3.00 bits per heavy atom. The molecule has 1 aromatic rings. The van der Waals surface area contributed by atoms with E-state index in [4.69, 9.17) is 0 Å². The monoisotopic (exact) mass is 263 g/mol. The number of amides is 2. The number of nitrogens with one attached hydrogen (secondary N) is 1. The van der Waals surface area contributed by atoms with Crippen LogP contribution >= 0.6 is 0 Å². The van der Waals surface area contributed by atoms with Crippen LogP contribution in [0.3, 0.4) is 0 Å². The summed E-state index contributed by atoms with van der Waals surface area (Å²) in [6.07, 6.45) is 7.07. The van der Waals surface area contributed by atoms with Gasteiger partial charge in [0.25, 0.3) is 0 Å². The number of carbonyl (C=O) groups excluding carboxylic acids is 1. The van der Waals surface area contributed by atoms with Crippen molar-refractivity contribution in [1.29, 1.82) is 0 Å². The van der Waals surface area contributed by atoms with E-state index >= 15 is 0 Å². The van der Waals surface area contributed by atoms with Crippen molar-refractivity contribution in [3.63, 3.8) is 0 Å². The van der Waals surface area contributed by atoms with E-state index in [2.05, 4.69) is 10.3 Å². The number of pyridine rings is 1. The summed E-state index contributed by atoms with van der Waals surface area (Å²) in [7, 11) is 1.76. The number of aliphatic hydroxyl groups excluding tert-OH is 1. The Morgan fingerprint density at radius 1 is 1.53 bits per heavy atom. The van der Waals surface area contributed by atoms with E-state index in [1.165, 1.54) is 0 Å². The van der Waals surface area contributed by atoms with Gasteiger partial charge >= 0.3 is 6.03 Å². The molecule has 0 bridgehead atoms. The summed E-state index contributed by atoms with van der Waals surface area (Å²) < 4.78 is 0. The molecule has 104 valence electrons. The maximum absolute atomic E-state index is 12.0. The molecule has 2 amide bonds. The molecule has 0 spiro atoms. The largest absolute Gasteiger partial charge is 0.393 e. The minimum Gasteiger partial charge on any atom is -0.393 e. The molecule has 0 radical (unpaired) electrons. The molecule has 2 unspecified atom stereocenters. The van der Waals surface area contributed by atoms with Crippen molar-refractivity contribution in [2.24, 2.45) is 5.92 Å². The molecule has 1 heterocycles. The first-order valence-corrected chi connectivity index (χ1v) is 6.77. The minimum absolute atomic E-state index is 0.161. The van der Waals surface area contributed by atoms with Crippen LogP contribution in [0, 0.1) is 5.92 Å². The molecular formula is C14H21N3O2. The minimum atomic E-state index is -0.276. The predicted octanol–water partition coefficient (Wildman–Crippen LogP) is 2.10. The Morgan fingerprint density at radius 2 is 2.32 bits per heavy atom. The van der Waals surface area contributed by atoms with Gasteiger partial charge in [0, 0.05) is 25.7 Å². The van der Waals surface area contributed by atoms with Crippen LogP contribution in [-0.4, -0.2) is 40.7 Å². The number of anilines is 1. The molecule has 1 saturated carbocycles. The summed E-state index contributed by atoms with van der Waals surface area (Å²) in [6.45, 7) is 0.591. The van der Waals surface area contributed by atoms with Crippen LogP contribution in [0.4, 0.5) is 10.5 Å². The zero-order valence-corrected chi connectivity index (χ0v) is 11.2. The predicted molar refractivity (Wildman–Crippen MR) is 73.9 cm³/mol. The first-order chi connectivity index (χ1) is 9.16. The normalized spacial score (nSPS) is 22.8. The van der Waals surface area contributed by atoms with Gasteiger partial charge in [-0.05, 0) is 25.0 Å². The first kappa shape index (κ1) is 13.8. The molecule has 5 heteroatoms. The summed E-state index contributed by atoms with van der Waals surface area (Å²) >= 11 is 0. The lowest BCUT2D eigenvalue weighted by molar-refractivity contribution is 0.0575. The molecule has 2 N–H and O–H groups in total. The molecule has 1 aliphatic rings. The number of hydrogen-bond acceptors (Lipinski definition) is 3. The molecular weight excluding hydrogens is 242 g/mol. The lowest BCUT2D eigenvalue weighted by Gasteiger charge is -2.31. The van der Waals surface area contributed by atoms with Gasteiger partial charge in [-0.2, -0.15) is 0 Å². The third-order valence-corrected chi connectivity index (χ3v) is 3.64. The Bertz CT molecular complexity index is 410. The maximum atomic E-state index is 12.0. The van der Waals surface area contributed by atoms with Crippen molar-refractivity contribution < 1.29 is 9.90 Å². The van der Waals surface area contributed by atoms with Gasteiger partial charge in [-0.1, -0.05) is 12.8 Å². The Balaban J connectivity index is 1.85. The summed E-state index contributed by atoms with van der Waals surface area (Å²) in [5.74, 6) is 0.193. The maximum Gasteiger partial charge on any atom is 0.321 e. The number of carbonyl (C=O) groups is 1. The van der Waals surface area contributed by atoms with Gasteiger partial charge in [0.2, 0.25) is 0 Å². The number of rotatable bonds is 3. The van der Waals surface area contributed by atoms with Crippen LogP contribution in [0.1, 0.15) is 25.7 Å². The first-order valence-electron chi connectivity index (χ1n) is 6.77. The van der Waals surface area contributed by atoms with Crippen LogP contribution in [-0.2, 0) is 0 Å². The highest BCUT2D eigenvalue weighted by Gasteiger charge is 2.25. The molecule has 1 aromatic heterocycles. The molecule has 1 aliphatic carbocycles. The van der Waals surface area contributed by atoms with Crippen LogP contribution in [0.2, 0.25) is 0 Å². The van der Waals surface area contributed by atoms with Crippen LogP contribution in [0.25, 0.3) is 0 Å². The van der Waals surface area contributed by atoms with E-state index in [1.807, 2.05) is 0 Å². The lowest BCUT2D eigenvalue weighted by atomic mass is 9.86. The number of aliphatic hydroxyl groups is 1. The quantitative estimate of drug-likeness (QED) is 0.877. The zero-order valence-electron chi connectivity index (χ0n) is 11.2. The number of urea groups is 1. The molecule has 2 atom stereocenters. The van der Waals surface area contributed by atoms with E-state index in [0.717, 1.165) is 25.7 Å². The summed E-state index contributed by atoms with van der Waals surface area (Å²) in [5, 5.41) is 12.7. The Labute approximate surface area is 113 Å². The summed E-state index contributed by atoms with van der Waals surface area (Å²) in [4.78, 5) is 17.6. The van der Waals surface area contributed by atoms with Crippen molar-refractivity contribution in [2.45, 2.75) is 31.8 Å². The Kier molecular flexibility index (Phi) is 4.74. The molecule has 19 heavy (non-hydrogen) atoms. The fraction of sp³-hybridized carbons (Fsp3) is 0.571. The molecule has 1 fully saturated rings. The van der Waals surface area contributed by atoms with Crippen LogP contribution in [0.5, 0.6) is 0 Å². The van der Waals surface area contributed by atoms with Crippen molar-refractivity contribution >= 4 is 11.7 Å². The van der Waals surface area contributed by atoms with Gasteiger partial charge in [0.15, 0.2) is 0 Å². The van der Waals surface area contributed by atoms with Gasteiger partial charge in [-0.3, -0.25) is 4.98 Å². The Hall–Kier alpha value is -1.62. The van der Waals surface area contributed by atoms with Crippen LogP contribution in [0.15, 0.2) is 24.5 Å². The standard InChI is InChI=1S/C14H21N3O2/c1-17(10-11-5-2-3-7-13(11)18)14(19)16-12-6-4-8-15-9-12/h4,6,8-9,11,13,18H,2-3,5,7,10H2,1H3,(H,16,19). The number of nitrogens with zero attached hydrogens (tertiary/aromatic N) is 2. The molecule has 2 rings (SSSR count). The van der Waals surface area contributed by atoms with E-state index in [9.17, 15) is 9.90 Å². The molecule has 0 aromatic carbocycles. The van der Waals surface area contributed by atoms with E-state index in [1.54, 1.807) is 36.5 Å². The molecule has 5 nitrogen and oxygen atoms in total. The fourth-order valence-corrected chi connectivity index (χ4v) is 2.49. The van der Waals surface area contributed by atoms with Gasteiger partial charge in [-0.15, -0.1) is 0 Å². The fourth-order valence-electron chi connectivity index (χ4n) is 2.49. The van der Waals surface area contributed by atoms with E-state index in [-0.39, 0.29) is 18.1 Å². The SMILES string of the molecule is CN(CC1CCCCC1O)C(=O)Nc1cccnc1. The van der Waals surface area contributed by atoms with E-state index in [0.29, 0.717) is 12.2 Å². The van der Waals surface area contributed by atoms with E-state index < -0.39 is 0 Å². The zero-order chi connectivity index (χ0) is 13.7. The summed E-state index contributed by atoms with van der Waals surface area (Å²) in [5.41, 5.74) is 0.684. The molecule has 0 aliphatic heterocycles. The highest BCUT2D eigenvalue weighted by molar-refractivity contribution is 5.88. The van der Waals surface area contributed by atoms with Crippen molar-refractivity contribution in [3.05, 3.63) is 24.5 Å². The smallest absolute Gasteiger partial charge is 0.321 e. The van der Waals surface area contributed by atoms with Gasteiger partial charge in [-0.25, -0.2) is 4.79 Å². The third-order valence-electron chi connectivity index (χ3n) is 3.64. The average Bonchev–Trinajstić information content (AvgIpc) is 2.42. The second-order valence-corrected chi connectivity index (χ2v) is 5.16. The number of hydrogen-bond donors (Lipinski definition) is 2. The highest BCUT2D eigenvalue weighted by atomic mass is 16.3. The highest BCUT2D eigenvalue weighted by Crippen LogP contribution is 2.25. The van der Waals surface area contributed by atoms with Crippen molar-refractivity contribution in [1.82, 2.24) is 9.88 Å². The topological polar surface area (TPSA) is 65.5 Å². The van der Waals surface area contributed by atoms with Crippen LogP contribution < -0.4 is 5.32 Å². The lowest BCUT2D eigenvalue weighted by Crippen LogP contribution is -2.40. The third kappa shape index (κ3) is 3.92. The van der Waals surface area contributed by atoms with Gasteiger partial charge in [0.05, 0.1) is 18.0 Å². The van der Waals surface area contributed by atoms with Gasteiger partial charge in [0.1, 0.15) is 0 Å². The van der Waals surface area contributed by atoms with Gasteiger partial charge < -0.3 is 15.3 Å². The van der Waals surface area contributed by atoms with Crippen molar-refractivity contribution in [2.75, 3.05) is 18.9 Å². The average molecular weight is 263 g/mol. The summed E-state index contributed by atoms with van der Waals surface area (Å²) in [6, 6.07) is 3.42. The molecule has 0 saturated heterocycles.